The zero-order chi connectivity index (χ0) is 13.4. The molecule has 7 nitrogen and oxygen atoms in total. The van der Waals surface area contributed by atoms with Crippen LogP contribution in [0.4, 0.5) is 6.01 Å². The molecule has 0 aliphatic heterocycles. The first-order chi connectivity index (χ1) is 8.65. The van der Waals surface area contributed by atoms with E-state index in [9.17, 15) is 0 Å². The van der Waals surface area contributed by atoms with Gasteiger partial charge in [-0.1, -0.05) is 18.9 Å². The van der Waals surface area contributed by atoms with Crippen LogP contribution in [0.1, 0.15) is 19.7 Å². The number of anilines is 1. The summed E-state index contributed by atoms with van der Waals surface area (Å²) in [5.41, 5.74) is 0. The van der Waals surface area contributed by atoms with Crippen LogP contribution in [-0.2, 0) is 16.0 Å². The first-order valence-corrected chi connectivity index (χ1v) is 5.97. The van der Waals surface area contributed by atoms with Gasteiger partial charge in [-0.15, -0.1) is 5.10 Å². The number of aromatic nitrogens is 2. The molecule has 0 amide bonds. The Labute approximate surface area is 107 Å². The third kappa shape index (κ3) is 5.44. The lowest BCUT2D eigenvalue weighted by molar-refractivity contribution is 0.0363. The van der Waals surface area contributed by atoms with Gasteiger partial charge < -0.3 is 24.5 Å². The number of hydrogen-bond acceptors (Lipinski definition) is 7. The lowest BCUT2D eigenvalue weighted by atomic mass is 10.4. The first kappa shape index (κ1) is 14.9. The normalized spacial score (nSPS) is 12.9. The Morgan fingerprint density at radius 2 is 2.06 bits per heavy atom. The molecule has 1 aromatic heterocycles. The minimum Gasteiger partial charge on any atom is -0.407 e. The van der Waals surface area contributed by atoms with Crippen molar-refractivity contribution in [3.05, 3.63) is 5.89 Å². The summed E-state index contributed by atoms with van der Waals surface area (Å²) in [5.74, 6) is 0.562. The van der Waals surface area contributed by atoms with E-state index in [1.54, 1.807) is 14.2 Å². The second-order valence-corrected chi connectivity index (χ2v) is 4.23. The largest absolute Gasteiger partial charge is 0.407 e. The van der Waals surface area contributed by atoms with Crippen LogP contribution in [-0.4, -0.2) is 49.7 Å². The van der Waals surface area contributed by atoms with Gasteiger partial charge in [-0.05, 0) is 0 Å². The molecule has 1 heterocycles. The van der Waals surface area contributed by atoms with Crippen molar-refractivity contribution < 1.29 is 13.9 Å². The van der Waals surface area contributed by atoms with Crippen LogP contribution in [0.3, 0.4) is 0 Å². The summed E-state index contributed by atoms with van der Waals surface area (Å²) in [7, 11) is 3.27. The molecule has 0 saturated carbocycles. The molecule has 0 aliphatic rings. The maximum Gasteiger partial charge on any atom is 0.315 e. The molecule has 7 heteroatoms. The molecule has 0 fully saturated rings. The molecule has 1 atom stereocenters. The van der Waals surface area contributed by atoms with E-state index in [2.05, 4.69) is 34.7 Å². The SMILES string of the molecule is COCC(CNc1nnc(CNC(C)C)o1)OC. The van der Waals surface area contributed by atoms with Crippen molar-refractivity contribution in [3.63, 3.8) is 0 Å². The van der Waals surface area contributed by atoms with Gasteiger partial charge in [0.15, 0.2) is 0 Å². The van der Waals surface area contributed by atoms with Crippen LogP contribution in [0, 0.1) is 0 Å². The standard InChI is InChI=1S/C11H22N4O3/c1-8(2)12-6-10-14-15-11(18-10)13-5-9(17-4)7-16-3/h8-9,12H,5-7H2,1-4H3,(H,13,15). The topological polar surface area (TPSA) is 81.4 Å². The number of methoxy groups -OCH3 is 2. The monoisotopic (exact) mass is 258 g/mol. The van der Waals surface area contributed by atoms with Gasteiger partial charge in [-0.2, -0.15) is 0 Å². The van der Waals surface area contributed by atoms with Gasteiger partial charge in [0, 0.05) is 26.8 Å². The van der Waals surface area contributed by atoms with Gasteiger partial charge in [0.05, 0.1) is 19.3 Å². The van der Waals surface area contributed by atoms with E-state index >= 15 is 0 Å². The van der Waals surface area contributed by atoms with Crippen LogP contribution in [0.15, 0.2) is 4.42 Å². The minimum atomic E-state index is -0.0425. The minimum absolute atomic E-state index is 0.0425. The molecule has 0 aromatic carbocycles. The number of hydrogen-bond donors (Lipinski definition) is 2. The van der Waals surface area contributed by atoms with Crippen LogP contribution in [0.5, 0.6) is 0 Å². The van der Waals surface area contributed by atoms with E-state index in [0.29, 0.717) is 37.6 Å². The van der Waals surface area contributed by atoms with Crippen LogP contribution < -0.4 is 10.6 Å². The Morgan fingerprint density at radius 1 is 1.28 bits per heavy atom. The molecule has 2 N–H and O–H groups in total. The molecule has 1 aromatic rings. The van der Waals surface area contributed by atoms with Crippen LogP contribution >= 0.6 is 0 Å². The Hall–Kier alpha value is -1.18. The highest BCUT2D eigenvalue weighted by atomic mass is 16.5. The van der Waals surface area contributed by atoms with Crippen molar-refractivity contribution in [2.24, 2.45) is 0 Å². The molecule has 18 heavy (non-hydrogen) atoms. The highest BCUT2D eigenvalue weighted by molar-refractivity contribution is 5.17. The number of rotatable bonds is 9. The van der Waals surface area contributed by atoms with Crippen LogP contribution in [0.2, 0.25) is 0 Å². The summed E-state index contributed by atoms with van der Waals surface area (Å²) >= 11 is 0. The number of ether oxygens (including phenoxy) is 2. The van der Waals surface area contributed by atoms with Gasteiger partial charge >= 0.3 is 6.01 Å². The van der Waals surface area contributed by atoms with Crippen LogP contribution in [0.25, 0.3) is 0 Å². The molecule has 0 bridgehead atoms. The molecular weight excluding hydrogens is 236 g/mol. The fraction of sp³-hybridized carbons (Fsp3) is 0.818. The third-order valence-electron chi connectivity index (χ3n) is 2.30. The molecule has 1 rings (SSSR count). The maximum absolute atomic E-state index is 5.41. The molecule has 0 spiro atoms. The molecular formula is C11H22N4O3. The van der Waals surface area contributed by atoms with E-state index in [1.165, 1.54) is 0 Å². The first-order valence-electron chi connectivity index (χ1n) is 5.97. The second-order valence-electron chi connectivity index (χ2n) is 4.23. The van der Waals surface area contributed by atoms with Gasteiger partial charge in [0.1, 0.15) is 0 Å². The van der Waals surface area contributed by atoms with Crippen molar-refractivity contribution in [1.82, 2.24) is 15.5 Å². The molecule has 1 unspecified atom stereocenters. The Bertz CT molecular complexity index is 330. The quantitative estimate of drug-likeness (QED) is 0.672. The summed E-state index contributed by atoms with van der Waals surface area (Å²) < 4.78 is 15.6. The zero-order valence-electron chi connectivity index (χ0n) is 11.4. The van der Waals surface area contributed by atoms with Crippen molar-refractivity contribution in [1.29, 1.82) is 0 Å². The summed E-state index contributed by atoms with van der Waals surface area (Å²) in [4.78, 5) is 0. The van der Waals surface area contributed by atoms with Crippen molar-refractivity contribution in [3.8, 4) is 0 Å². The lowest BCUT2D eigenvalue weighted by Crippen LogP contribution is -2.26. The summed E-state index contributed by atoms with van der Waals surface area (Å²) in [6.45, 7) is 5.76. The van der Waals surface area contributed by atoms with E-state index in [-0.39, 0.29) is 6.10 Å². The molecule has 0 aliphatic carbocycles. The Balaban J connectivity index is 2.34. The molecule has 104 valence electrons. The van der Waals surface area contributed by atoms with E-state index in [4.69, 9.17) is 13.9 Å². The van der Waals surface area contributed by atoms with E-state index < -0.39 is 0 Å². The second kappa shape index (κ2) is 8.02. The van der Waals surface area contributed by atoms with E-state index in [0.717, 1.165) is 0 Å². The van der Waals surface area contributed by atoms with Crippen molar-refractivity contribution >= 4 is 6.01 Å². The third-order valence-corrected chi connectivity index (χ3v) is 2.30. The average molecular weight is 258 g/mol. The fourth-order valence-electron chi connectivity index (χ4n) is 1.29. The molecule has 0 saturated heterocycles. The predicted molar refractivity (Wildman–Crippen MR) is 67.4 cm³/mol. The smallest absolute Gasteiger partial charge is 0.315 e. The average Bonchev–Trinajstić information content (AvgIpc) is 2.80. The summed E-state index contributed by atoms with van der Waals surface area (Å²) in [6, 6.07) is 0.779. The fourth-order valence-corrected chi connectivity index (χ4v) is 1.29. The summed E-state index contributed by atoms with van der Waals surface area (Å²) in [6.07, 6.45) is -0.0425. The van der Waals surface area contributed by atoms with E-state index in [1.807, 2.05) is 0 Å². The Morgan fingerprint density at radius 3 is 2.67 bits per heavy atom. The highest BCUT2D eigenvalue weighted by Gasteiger charge is 2.10. The predicted octanol–water partition coefficient (Wildman–Crippen LogP) is 0.641. The van der Waals surface area contributed by atoms with Gasteiger partial charge in [-0.3, -0.25) is 0 Å². The van der Waals surface area contributed by atoms with Gasteiger partial charge in [-0.25, -0.2) is 0 Å². The highest BCUT2D eigenvalue weighted by Crippen LogP contribution is 2.06. The Kier molecular flexibility index (Phi) is 6.63. The maximum atomic E-state index is 5.41. The van der Waals surface area contributed by atoms with Gasteiger partial charge in [0.25, 0.3) is 0 Å². The lowest BCUT2D eigenvalue weighted by Gasteiger charge is -2.13. The number of nitrogens with zero attached hydrogens (tertiary/aromatic N) is 2. The number of nitrogens with one attached hydrogen (secondary N) is 2. The summed E-state index contributed by atoms with van der Waals surface area (Å²) in [5, 5.41) is 14.0. The zero-order valence-corrected chi connectivity index (χ0v) is 11.4. The molecule has 0 radical (unpaired) electrons. The van der Waals surface area contributed by atoms with Crippen molar-refractivity contribution in [2.45, 2.75) is 32.5 Å². The van der Waals surface area contributed by atoms with Crippen molar-refractivity contribution in [2.75, 3.05) is 32.7 Å². The van der Waals surface area contributed by atoms with Gasteiger partial charge in [0.2, 0.25) is 5.89 Å².